The Morgan fingerprint density at radius 1 is 1.75 bits per heavy atom. The van der Waals surface area contributed by atoms with E-state index in [4.69, 9.17) is 5.26 Å². The third-order valence-corrected chi connectivity index (χ3v) is 1.61. The van der Waals surface area contributed by atoms with Crippen molar-refractivity contribution in [3.8, 4) is 6.07 Å². The maximum Gasteiger partial charge on any atom is 0.318 e. The number of rotatable bonds is 3. The van der Waals surface area contributed by atoms with Crippen molar-refractivity contribution in [3.63, 3.8) is 0 Å². The Hall–Kier alpha value is -1.24. The molecule has 0 fully saturated rings. The van der Waals surface area contributed by atoms with Gasteiger partial charge in [-0.3, -0.25) is 0 Å². The van der Waals surface area contributed by atoms with Gasteiger partial charge in [-0.15, -0.1) is 0 Å². The molecular formula is C8H15N3O. The molecule has 1 unspecified atom stereocenters. The van der Waals surface area contributed by atoms with Crippen LogP contribution in [0.25, 0.3) is 0 Å². The minimum atomic E-state index is -0.373. The molecule has 0 aromatic heterocycles. The molecule has 68 valence electrons. The molecule has 1 N–H and O–H groups in total. The van der Waals surface area contributed by atoms with Gasteiger partial charge in [0.25, 0.3) is 0 Å². The maximum absolute atomic E-state index is 11.2. The van der Waals surface area contributed by atoms with Crippen LogP contribution < -0.4 is 5.32 Å². The Morgan fingerprint density at radius 2 is 2.33 bits per heavy atom. The summed E-state index contributed by atoms with van der Waals surface area (Å²) in [7, 11) is 1.61. The lowest BCUT2D eigenvalue weighted by atomic mass is 10.3. The van der Waals surface area contributed by atoms with Crippen molar-refractivity contribution in [1.82, 2.24) is 10.2 Å². The number of urea groups is 1. The largest absolute Gasteiger partial charge is 0.338 e. The molecule has 0 bridgehead atoms. The van der Waals surface area contributed by atoms with E-state index in [2.05, 4.69) is 5.32 Å². The van der Waals surface area contributed by atoms with Crippen LogP contribution in [0.4, 0.5) is 4.79 Å². The zero-order valence-electron chi connectivity index (χ0n) is 7.79. The summed E-state index contributed by atoms with van der Waals surface area (Å²) in [6.07, 6.45) is 0.903. The fourth-order valence-corrected chi connectivity index (χ4v) is 0.619. The molecule has 0 aliphatic carbocycles. The van der Waals surface area contributed by atoms with E-state index in [9.17, 15) is 4.79 Å². The van der Waals surface area contributed by atoms with Crippen molar-refractivity contribution < 1.29 is 4.79 Å². The Bertz CT molecular complexity index is 185. The molecular weight excluding hydrogens is 154 g/mol. The minimum Gasteiger partial charge on any atom is -0.338 e. The van der Waals surface area contributed by atoms with Gasteiger partial charge < -0.3 is 10.2 Å². The molecule has 0 aromatic carbocycles. The zero-order chi connectivity index (χ0) is 9.56. The van der Waals surface area contributed by atoms with Crippen molar-refractivity contribution in [1.29, 1.82) is 5.26 Å². The average Bonchev–Trinajstić information content (AvgIpc) is 2.11. The van der Waals surface area contributed by atoms with Crippen molar-refractivity contribution in [2.45, 2.75) is 26.3 Å². The quantitative estimate of drug-likeness (QED) is 0.683. The summed E-state index contributed by atoms with van der Waals surface area (Å²) in [5, 5.41) is 11.2. The van der Waals surface area contributed by atoms with Crippen LogP contribution in [0.3, 0.4) is 0 Å². The molecule has 0 aliphatic heterocycles. The lowest BCUT2D eigenvalue weighted by Crippen LogP contribution is -2.41. The highest BCUT2D eigenvalue weighted by molar-refractivity contribution is 5.74. The molecule has 12 heavy (non-hydrogen) atoms. The summed E-state index contributed by atoms with van der Waals surface area (Å²) in [6, 6.07) is 1.42. The normalized spacial score (nSPS) is 11.5. The van der Waals surface area contributed by atoms with Crippen LogP contribution in [-0.2, 0) is 0 Å². The number of carbonyl (C=O) groups excluding carboxylic acids is 1. The summed E-state index contributed by atoms with van der Waals surface area (Å²) < 4.78 is 0. The van der Waals surface area contributed by atoms with E-state index in [1.807, 2.05) is 13.0 Å². The van der Waals surface area contributed by atoms with E-state index in [1.165, 1.54) is 4.90 Å². The topological polar surface area (TPSA) is 56.1 Å². The fourth-order valence-electron chi connectivity index (χ4n) is 0.619. The van der Waals surface area contributed by atoms with Gasteiger partial charge in [0.05, 0.1) is 6.07 Å². The SMILES string of the molecule is CCCNC(=O)N(C)C(C)C#N. The molecule has 0 heterocycles. The standard InChI is InChI=1S/C8H15N3O/c1-4-5-10-8(12)11(3)7(2)6-9/h7H,4-5H2,1-3H3,(H,10,12). The molecule has 0 rings (SSSR count). The van der Waals surface area contributed by atoms with Gasteiger partial charge in [-0.05, 0) is 13.3 Å². The maximum atomic E-state index is 11.2. The summed E-state index contributed by atoms with van der Waals surface area (Å²) in [4.78, 5) is 12.6. The fraction of sp³-hybridized carbons (Fsp3) is 0.750. The summed E-state index contributed by atoms with van der Waals surface area (Å²) in [6.45, 7) is 4.32. The van der Waals surface area contributed by atoms with Crippen molar-refractivity contribution >= 4 is 6.03 Å². The lowest BCUT2D eigenvalue weighted by molar-refractivity contribution is 0.203. The van der Waals surface area contributed by atoms with Crippen LogP contribution in [0, 0.1) is 11.3 Å². The number of nitriles is 1. The molecule has 0 aliphatic rings. The molecule has 0 saturated carbocycles. The van der Waals surface area contributed by atoms with Gasteiger partial charge in [0, 0.05) is 13.6 Å². The number of nitrogens with zero attached hydrogens (tertiary/aromatic N) is 2. The van der Waals surface area contributed by atoms with E-state index in [-0.39, 0.29) is 12.1 Å². The van der Waals surface area contributed by atoms with Crippen LogP contribution in [0.5, 0.6) is 0 Å². The Morgan fingerprint density at radius 3 is 2.75 bits per heavy atom. The third-order valence-electron chi connectivity index (χ3n) is 1.61. The van der Waals surface area contributed by atoms with Gasteiger partial charge in [0.15, 0.2) is 0 Å². The molecule has 0 spiro atoms. The number of carbonyl (C=O) groups is 1. The second kappa shape index (κ2) is 5.42. The zero-order valence-corrected chi connectivity index (χ0v) is 7.79. The van der Waals surface area contributed by atoms with Crippen LogP contribution >= 0.6 is 0 Å². The first-order chi connectivity index (χ1) is 5.63. The van der Waals surface area contributed by atoms with E-state index in [0.29, 0.717) is 6.54 Å². The van der Waals surface area contributed by atoms with Gasteiger partial charge in [0.2, 0.25) is 0 Å². The second-order valence-electron chi connectivity index (χ2n) is 2.65. The molecule has 2 amide bonds. The first-order valence-electron chi connectivity index (χ1n) is 4.03. The lowest BCUT2D eigenvalue weighted by Gasteiger charge is -2.19. The van der Waals surface area contributed by atoms with E-state index >= 15 is 0 Å². The molecule has 4 heteroatoms. The number of hydrogen-bond donors (Lipinski definition) is 1. The monoisotopic (exact) mass is 169 g/mol. The number of amides is 2. The van der Waals surface area contributed by atoms with Gasteiger partial charge in [0.1, 0.15) is 6.04 Å². The van der Waals surface area contributed by atoms with Gasteiger partial charge >= 0.3 is 6.03 Å². The summed E-state index contributed by atoms with van der Waals surface area (Å²) >= 11 is 0. The molecule has 0 aromatic rings. The summed E-state index contributed by atoms with van der Waals surface area (Å²) in [5.41, 5.74) is 0. The first kappa shape index (κ1) is 10.8. The minimum absolute atomic E-state index is 0.189. The Labute approximate surface area is 73.2 Å². The Balaban J connectivity index is 3.86. The third kappa shape index (κ3) is 3.24. The highest BCUT2D eigenvalue weighted by Crippen LogP contribution is 1.93. The van der Waals surface area contributed by atoms with Gasteiger partial charge in [-0.2, -0.15) is 5.26 Å². The second-order valence-corrected chi connectivity index (χ2v) is 2.65. The number of hydrogen-bond acceptors (Lipinski definition) is 2. The van der Waals surface area contributed by atoms with E-state index in [0.717, 1.165) is 6.42 Å². The van der Waals surface area contributed by atoms with Gasteiger partial charge in [-0.1, -0.05) is 6.92 Å². The molecule has 1 atom stereocenters. The predicted molar refractivity (Wildman–Crippen MR) is 46.5 cm³/mol. The highest BCUT2D eigenvalue weighted by atomic mass is 16.2. The van der Waals surface area contributed by atoms with Crippen LogP contribution in [0.2, 0.25) is 0 Å². The van der Waals surface area contributed by atoms with Crippen molar-refractivity contribution in [3.05, 3.63) is 0 Å². The van der Waals surface area contributed by atoms with Gasteiger partial charge in [-0.25, -0.2) is 4.79 Å². The van der Waals surface area contributed by atoms with Crippen molar-refractivity contribution in [2.75, 3.05) is 13.6 Å². The van der Waals surface area contributed by atoms with Crippen LogP contribution in [-0.4, -0.2) is 30.6 Å². The molecule has 4 nitrogen and oxygen atoms in total. The predicted octanol–water partition coefficient (Wildman–Crippen LogP) is 0.950. The molecule has 0 saturated heterocycles. The Kier molecular flexibility index (Phi) is 4.86. The smallest absolute Gasteiger partial charge is 0.318 e. The number of nitrogens with one attached hydrogen (secondary N) is 1. The first-order valence-corrected chi connectivity index (χ1v) is 4.03. The summed E-state index contributed by atoms with van der Waals surface area (Å²) in [5.74, 6) is 0. The van der Waals surface area contributed by atoms with E-state index < -0.39 is 0 Å². The highest BCUT2D eigenvalue weighted by Gasteiger charge is 2.13. The molecule has 0 radical (unpaired) electrons. The van der Waals surface area contributed by atoms with Crippen LogP contribution in [0.1, 0.15) is 20.3 Å². The van der Waals surface area contributed by atoms with E-state index in [1.54, 1.807) is 14.0 Å². The average molecular weight is 169 g/mol. The van der Waals surface area contributed by atoms with Crippen molar-refractivity contribution in [2.24, 2.45) is 0 Å². The van der Waals surface area contributed by atoms with Crippen LogP contribution in [0.15, 0.2) is 0 Å².